The zero-order valence-corrected chi connectivity index (χ0v) is 18.8. The monoisotopic (exact) mass is 444 g/mol. The van der Waals surface area contributed by atoms with Crippen LogP contribution in [0.5, 0.6) is 11.5 Å². The van der Waals surface area contributed by atoms with Crippen molar-refractivity contribution in [3.8, 4) is 11.5 Å². The first kappa shape index (κ1) is 21.9. The summed E-state index contributed by atoms with van der Waals surface area (Å²) in [5.41, 5.74) is 1.26. The lowest BCUT2D eigenvalue weighted by molar-refractivity contribution is -0.126. The highest BCUT2D eigenvalue weighted by atomic mass is 35.5. The van der Waals surface area contributed by atoms with Gasteiger partial charge in [0.05, 0.1) is 24.7 Å². The number of nitrogens with one attached hydrogen (secondary N) is 1. The van der Waals surface area contributed by atoms with Crippen molar-refractivity contribution in [2.24, 2.45) is 0 Å². The maximum Gasteiger partial charge on any atom is 0.230 e. The number of benzene rings is 2. The van der Waals surface area contributed by atoms with Crippen molar-refractivity contribution in [3.63, 3.8) is 0 Å². The van der Waals surface area contributed by atoms with E-state index in [1.54, 1.807) is 0 Å². The Labute approximate surface area is 188 Å². The number of fused-ring (bicyclic) bond motifs is 1. The van der Waals surface area contributed by atoms with E-state index in [0.29, 0.717) is 43.7 Å². The molecule has 1 saturated heterocycles. The minimum absolute atomic E-state index is 0.0302. The van der Waals surface area contributed by atoms with E-state index in [2.05, 4.69) is 16.3 Å². The molecule has 0 radical (unpaired) electrons. The van der Waals surface area contributed by atoms with Crippen LogP contribution in [-0.2, 0) is 14.9 Å². The van der Waals surface area contributed by atoms with Crippen molar-refractivity contribution >= 4 is 17.5 Å². The second-order valence-electron chi connectivity index (χ2n) is 8.41. The van der Waals surface area contributed by atoms with Crippen LogP contribution in [0.4, 0.5) is 0 Å². The highest BCUT2D eigenvalue weighted by Crippen LogP contribution is 2.35. The molecule has 2 aliphatic heterocycles. The summed E-state index contributed by atoms with van der Waals surface area (Å²) in [6, 6.07) is 13.6. The van der Waals surface area contributed by atoms with Gasteiger partial charge in [0.2, 0.25) is 5.91 Å². The van der Waals surface area contributed by atoms with Gasteiger partial charge in [0.15, 0.2) is 11.5 Å². The number of nitrogens with zero attached hydrogens (tertiary/aromatic N) is 1. The van der Waals surface area contributed by atoms with Crippen molar-refractivity contribution in [1.82, 2.24) is 10.2 Å². The molecule has 6 nitrogen and oxygen atoms in total. The van der Waals surface area contributed by atoms with Crippen LogP contribution in [0.15, 0.2) is 42.5 Å². The number of hydrogen-bond donors (Lipinski definition) is 1. The molecule has 2 aromatic carbocycles. The molecule has 31 heavy (non-hydrogen) atoms. The van der Waals surface area contributed by atoms with Gasteiger partial charge in [-0.2, -0.15) is 0 Å². The number of morpholine rings is 1. The van der Waals surface area contributed by atoms with Gasteiger partial charge in [-0.05, 0) is 49.2 Å². The van der Waals surface area contributed by atoms with Gasteiger partial charge in [-0.15, -0.1) is 0 Å². The lowest BCUT2D eigenvalue weighted by Gasteiger charge is -2.36. The van der Waals surface area contributed by atoms with Gasteiger partial charge in [0, 0.05) is 24.7 Å². The number of amides is 1. The average molecular weight is 445 g/mol. The number of halogens is 1. The molecule has 1 atom stereocenters. The fourth-order valence-corrected chi connectivity index (χ4v) is 4.23. The molecule has 7 heteroatoms. The standard InChI is InChI=1S/C24H29ClN2O4/c1-24(2,18-6-7-21-22(15-18)31-13-12-30-21)23(28)26-16-20(27-8-10-29-11-9-27)17-4-3-5-19(25)14-17/h3-7,14-15,20H,8-13,16H2,1-2H3,(H,26,28). The second kappa shape index (κ2) is 9.47. The van der Waals surface area contributed by atoms with E-state index in [0.717, 1.165) is 30.0 Å². The van der Waals surface area contributed by atoms with Gasteiger partial charge >= 0.3 is 0 Å². The maximum atomic E-state index is 13.3. The topological polar surface area (TPSA) is 60.0 Å². The summed E-state index contributed by atoms with van der Waals surface area (Å²) in [5, 5.41) is 3.87. The van der Waals surface area contributed by atoms with Crippen molar-refractivity contribution in [2.75, 3.05) is 46.1 Å². The van der Waals surface area contributed by atoms with E-state index in [1.807, 2.05) is 50.2 Å². The summed E-state index contributed by atoms with van der Waals surface area (Å²) in [7, 11) is 0. The molecule has 2 aliphatic rings. The summed E-state index contributed by atoms with van der Waals surface area (Å²) >= 11 is 6.25. The molecule has 1 N–H and O–H groups in total. The third-order valence-corrected chi connectivity index (χ3v) is 6.24. The summed E-state index contributed by atoms with van der Waals surface area (Å²) in [5.74, 6) is 1.37. The van der Waals surface area contributed by atoms with Crippen molar-refractivity contribution in [3.05, 3.63) is 58.6 Å². The Hall–Kier alpha value is -2.28. The number of carbonyl (C=O) groups excluding carboxylic acids is 1. The first-order valence-corrected chi connectivity index (χ1v) is 11.1. The molecule has 0 bridgehead atoms. The van der Waals surface area contributed by atoms with Crippen molar-refractivity contribution in [2.45, 2.75) is 25.3 Å². The molecule has 1 unspecified atom stereocenters. The molecular weight excluding hydrogens is 416 g/mol. The molecule has 2 aromatic rings. The van der Waals surface area contributed by atoms with Crippen molar-refractivity contribution < 1.29 is 19.0 Å². The molecule has 0 aromatic heterocycles. The molecule has 166 valence electrons. The fraction of sp³-hybridized carbons (Fsp3) is 0.458. The van der Waals surface area contributed by atoms with E-state index in [1.165, 1.54) is 0 Å². The predicted molar refractivity (Wildman–Crippen MR) is 120 cm³/mol. The zero-order chi connectivity index (χ0) is 21.8. The normalized spacial score (nSPS) is 17.8. The fourth-order valence-electron chi connectivity index (χ4n) is 4.03. The molecule has 2 heterocycles. The van der Waals surface area contributed by atoms with E-state index in [-0.39, 0.29) is 11.9 Å². The lowest BCUT2D eigenvalue weighted by atomic mass is 9.83. The Bertz CT molecular complexity index is 928. The summed E-state index contributed by atoms with van der Waals surface area (Å²) in [6.45, 7) is 8.42. The number of rotatable bonds is 6. The quantitative estimate of drug-likeness (QED) is 0.738. The molecule has 4 rings (SSSR count). The van der Waals surface area contributed by atoms with Crippen LogP contribution in [0.1, 0.15) is 31.0 Å². The third-order valence-electron chi connectivity index (χ3n) is 6.01. The Kier molecular flexibility index (Phi) is 6.70. The molecule has 1 fully saturated rings. The van der Waals surface area contributed by atoms with Gasteiger partial charge in [0.1, 0.15) is 13.2 Å². The largest absolute Gasteiger partial charge is 0.486 e. The number of hydrogen-bond acceptors (Lipinski definition) is 5. The van der Waals surface area contributed by atoms with Crippen LogP contribution >= 0.6 is 11.6 Å². The first-order valence-electron chi connectivity index (χ1n) is 10.7. The average Bonchev–Trinajstić information content (AvgIpc) is 2.79. The Morgan fingerprint density at radius 2 is 1.81 bits per heavy atom. The smallest absolute Gasteiger partial charge is 0.230 e. The highest BCUT2D eigenvalue weighted by Gasteiger charge is 2.32. The number of carbonyl (C=O) groups is 1. The minimum Gasteiger partial charge on any atom is -0.486 e. The third kappa shape index (κ3) is 4.97. The predicted octanol–water partition coefficient (Wildman–Crippen LogP) is 3.58. The Morgan fingerprint density at radius 1 is 1.06 bits per heavy atom. The van der Waals surface area contributed by atoms with Gasteiger partial charge in [-0.25, -0.2) is 0 Å². The van der Waals surface area contributed by atoms with Crippen LogP contribution in [0, 0.1) is 0 Å². The van der Waals surface area contributed by atoms with Gasteiger partial charge in [0.25, 0.3) is 0 Å². The summed E-state index contributed by atoms with van der Waals surface area (Å²) in [6.07, 6.45) is 0. The molecule has 0 aliphatic carbocycles. The minimum atomic E-state index is -0.722. The van der Waals surface area contributed by atoms with E-state index in [9.17, 15) is 4.79 Å². The van der Waals surface area contributed by atoms with E-state index < -0.39 is 5.41 Å². The molecule has 0 spiro atoms. The second-order valence-corrected chi connectivity index (χ2v) is 8.85. The van der Waals surface area contributed by atoms with Gasteiger partial charge < -0.3 is 19.5 Å². The van der Waals surface area contributed by atoms with Crippen LogP contribution in [0.2, 0.25) is 5.02 Å². The zero-order valence-electron chi connectivity index (χ0n) is 18.0. The number of ether oxygens (including phenoxy) is 3. The van der Waals surface area contributed by atoms with Crippen LogP contribution in [-0.4, -0.2) is 56.9 Å². The molecule has 0 saturated carbocycles. The SMILES string of the molecule is CC(C)(C(=O)NCC(c1cccc(Cl)c1)N1CCOCC1)c1ccc2c(c1)OCCO2. The van der Waals surface area contributed by atoms with E-state index in [4.69, 9.17) is 25.8 Å². The van der Waals surface area contributed by atoms with Crippen LogP contribution in [0.3, 0.4) is 0 Å². The van der Waals surface area contributed by atoms with Gasteiger partial charge in [-0.3, -0.25) is 9.69 Å². The Balaban J connectivity index is 1.50. The summed E-state index contributed by atoms with van der Waals surface area (Å²) < 4.78 is 16.8. The van der Waals surface area contributed by atoms with Crippen molar-refractivity contribution in [1.29, 1.82) is 0 Å². The highest BCUT2D eigenvalue weighted by molar-refractivity contribution is 6.30. The maximum absolute atomic E-state index is 13.3. The van der Waals surface area contributed by atoms with E-state index >= 15 is 0 Å². The summed E-state index contributed by atoms with van der Waals surface area (Å²) in [4.78, 5) is 15.6. The van der Waals surface area contributed by atoms with Gasteiger partial charge in [-0.1, -0.05) is 29.8 Å². The van der Waals surface area contributed by atoms with Crippen LogP contribution in [0.25, 0.3) is 0 Å². The first-order chi connectivity index (χ1) is 14.9. The lowest BCUT2D eigenvalue weighted by Crippen LogP contribution is -2.47. The molecule has 1 amide bonds. The molecular formula is C24H29ClN2O4. The Morgan fingerprint density at radius 3 is 2.55 bits per heavy atom. The van der Waals surface area contributed by atoms with Crippen LogP contribution < -0.4 is 14.8 Å².